The molecule has 0 amide bonds. The quantitative estimate of drug-likeness (QED) is 0.730. The molecule has 0 saturated carbocycles. The number of hydrogen-bond donors (Lipinski definition) is 1. The van der Waals surface area contributed by atoms with Crippen molar-refractivity contribution in [2.75, 3.05) is 37.0 Å². The van der Waals surface area contributed by atoms with Gasteiger partial charge in [0, 0.05) is 30.9 Å². The lowest BCUT2D eigenvalue weighted by Gasteiger charge is -2.35. The van der Waals surface area contributed by atoms with Crippen LogP contribution in [-0.2, 0) is 9.47 Å². The van der Waals surface area contributed by atoms with Crippen LogP contribution in [0.5, 0.6) is 0 Å². The van der Waals surface area contributed by atoms with Crippen molar-refractivity contribution < 1.29 is 9.47 Å². The smallest absolute Gasteiger partial charge is 0.153 e. The van der Waals surface area contributed by atoms with Gasteiger partial charge in [0.15, 0.2) is 12.0 Å². The number of anilines is 2. The molecular formula is C21H26N6O2. The van der Waals surface area contributed by atoms with Gasteiger partial charge in [0.05, 0.1) is 30.6 Å². The molecule has 0 aliphatic carbocycles. The molecule has 8 heteroatoms. The van der Waals surface area contributed by atoms with Crippen LogP contribution in [0.4, 0.5) is 11.5 Å². The van der Waals surface area contributed by atoms with E-state index in [1.807, 2.05) is 22.9 Å². The fraction of sp³-hybridized carbons (Fsp3) is 0.476. The zero-order valence-electron chi connectivity index (χ0n) is 16.6. The molecule has 3 aromatic heterocycles. The number of ether oxygens (including phenoxy) is 2. The fourth-order valence-electron chi connectivity index (χ4n) is 4.21. The Labute approximate surface area is 169 Å². The van der Waals surface area contributed by atoms with E-state index in [1.54, 1.807) is 12.4 Å². The molecule has 29 heavy (non-hydrogen) atoms. The largest absolute Gasteiger partial charge is 0.396 e. The second-order valence-electron chi connectivity index (χ2n) is 7.73. The van der Waals surface area contributed by atoms with E-state index in [0.29, 0.717) is 18.9 Å². The minimum atomic E-state index is -0.0571. The molecule has 0 radical (unpaired) electrons. The third-order valence-electron chi connectivity index (χ3n) is 5.72. The van der Waals surface area contributed by atoms with Crippen LogP contribution in [0.1, 0.15) is 32.4 Å². The maximum absolute atomic E-state index is 6.39. The Balaban J connectivity index is 1.62. The van der Waals surface area contributed by atoms with E-state index >= 15 is 0 Å². The number of hydrogen-bond acceptors (Lipinski definition) is 7. The summed E-state index contributed by atoms with van der Waals surface area (Å²) in [5.74, 6) is 0.794. The lowest BCUT2D eigenvalue weighted by Crippen LogP contribution is -2.44. The van der Waals surface area contributed by atoms with E-state index in [2.05, 4.69) is 21.9 Å². The number of fused-ring (bicyclic) bond motifs is 1. The fourth-order valence-corrected chi connectivity index (χ4v) is 4.21. The summed E-state index contributed by atoms with van der Waals surface area (Å²) in [6, 6.07) is 6.14. The Bertz CT molecular complexity index is 1010. The van der Waals surface area contributed by atoms with Crippen molar-refractivity contribution in [1.82, 2.24) is 19.7 Å². The van der Waals surface area contributed by atoms with Gasteiger partial charge in [-0.1, -0.05) is 0 Å². The Kier molecular flexibility index (Phi) is 4.81. The van der Waals surface area contributed by atoms with Gasteiger partial charge in [-0.05, 0) is 44.4 Å². The zero-order valence-corrected chi connectivity index (χ0v) is 16.6. The highest BCUT2D eigenvalue weighted by atomic mass is 16.5. The standard InChI is InChI=1S/C21H26N6O2/c1-14-13-28-11-9-26(14)21-16(22)12-15-5-7-23-20(19(15)25-21)17-6-8-24-27(17)18-4-2-3-10-29-18/h5-8,12,14,18H,2-4,9-11,13,22H2,1H3/t14-,18?/m1/s1. The molecule has 3 aromatic rings. The molecule has 0 bridgehead atoms. The molecule has 2 fully saturated rings. The van der Waals surface area contributed by atoms with Gasteiger partial charge in [-0.15, -0.1) is 0 Å². The van der Waals surface area contributed by atoms with Crippen LogP contribution in [-0.4, -0.2) is 52.2 Å². The van der Waals surface area contributed by atoms with Crippen molar-refractivity contribution >= 4 is 22.4 Å². The molecular weight excluding hydrogens is 368 g/mol. The molecule has 8 nitrogen and oxygen atoms in total. The predicted octanol–water partition coefficient (Wildman–Crippen LogP) is 3.00. The minimum absolute atomic E-state index is 0.0571. The van der Waals surface area contributed by atoms with Crippen molar-refractivity contribution in [3.05, 3.63) is 30.6 Å². The van der Waals surface area contributed by atoms with Gasteiger partial charge in [-0.3, -0.25) is 4.98 Å². The molecule has 152 valence electrons. The van der Waals surface area contributed by atoms with Crippen molar-refractivity contribution in [3.8, 4) is 11.4 Å². The predicted molar refractivity (Wildman–Crippen MR) is 112 cm³/mol. The summed E-state index contributed by atoms with van der Waals surface area (Å²) in [6.45, 7) is 5.01. The molecule has 2 aliphatic rings. The summed E-state index contributed by atoms with van der Waals surface area (Å²) in [5, 5.41) is 5.50. The molecule has 2 atom stereocenters. The lowest BCUT2D eigenvalue weighted by molar-refractivity contribution is -0.0383. The SMILES string of the molecule is C[C@@H]1COCCN1c1nc2c(-c3ccnn3C3CCCCO3)nccc2cc1N. The third-order valence-corrected chi connectivity index (χ3v) is 5.72. The number of nitrogen functional groups attached to an aromatic ring is 1. The van der Waals surface area contributed by atoms with E-state index in [1.165, 1.54) is 0 Å². The summed E-state index contributed by atoms with van der Waals surface area (Å²) in [7, 11) is 0. The first kappa shape index (κ1) is 18.3. The van der Waals surface area contributed by atoms with Gasteiger partial charge in [-0.2, -0.15) is 5.10 Å². The topological polar surface area (TPSA) is 91.3 Å². The van der Waals surface area contributed by atoms with E-state index in [-0.39, 0.29) is 12.3 Å². The van der Waals surface area contributed by atoms with Gasteiger partial charge in [0.25, 0.3) is 0 Å². The molecule has 2 aliphatic heterocycles. The van der Waals surface area contributed by atoms with Crippen LogP contribution in [0.15, 0.2) is 30.6 Å². The Hall–Kier alpha value is -2.71. The first-order chi connectivity index (χ1) is 14.2. The summed E-state index contributed by atoms with van der Waals surface area (Å²) in [5.41, 5.74) is 9.61. The molecule has 5 heterocycles. The van der Waals surface area contributed by atoms with Gasteiger partial charge in [0.1, 0.15) is 11.2 Å². The van der Waals surface area contributed by atoms with Crippen molar-refractivity contribution in [3.63, 3.8) is 0 Å². The first-order valence-corrected chi connectivity index (χ1v) is 10.3. The average molecular weight is 394 g/mol. The zero-order chi connectivity index (χ0) is 19.8. The molecule has 2 N–H and O–H groups in total. The van der Waals surface area contributed by atoms with Gasteiger partial charge in [-0.25, -0.2) is 9.67 Å². The molecule has 0 spiro atoms. The van der Waals surface area contributed by atoms with Crippen molar-refractivity contribution in [2.24, 2.45) is 0 Å². The summed E-state index contributed by atoms with van der Waals surface area (Å²) in [4.78, 5) is 11.9. The van der Waals surface area contributed by atoms with E-state index in [9.17, 15) is 0 Å². The van der Waals surface area contributed by atoms with Crippen LogP contribution in [0.25, 0.3) is 22.3 Å². The Morgan fingerprint density at radius 1 is 1.17 bits per heavy atom. The summed E-state index contributed by atoms with van der Waals surface area (Å²) < 4.78 is 13.5. The highest BCUT2D eigenvalue weighted by Gasteiger charge is 2.25. The Morgan fingerprint density at radius 3 is 2.93 bits per heavy atom. The van der Waals surface area contributed by atoms with Crippen LogP contribution in [0, 0.1) is 0 Å². The molecule has 1 unspecified atom stereocenters. The van der Waals surface area contributed by atoms with Crippen LogP contribution in [0.3, 0.4) is 0 Å². The van der Waals surface area contributed by atoms with Crippen LogP contribution in [0.2, 0.25) is 0 Å². The molecule has 0 aromatic carbocycles. The number of nitrogens with zero attached hydrogens (tertiary/aromatic N) is 5. The Morgan fingerprint density at radius 2 is 2.10 bits per heavy atom. The third kappa shape index (κ3) is 3.32. The first-order valence-electron chi connectivity index (χ1n) is 10.3. The second-order valence-corrected chi connectivity index (χ2v) is 7.73. The number of nitrogens with two attached hydrogens (primary N) is 1. The maximum Gasteiger partial charge on any atom is 0.153 e. The van der Waals surface area contributed by atoms with Crippen molar-refractivity contribution in [2.45, 2.75) is 38.5 Å². The average Bonchev–Trinajstić information content (AvgIpc) is 3.24. The van der Waals surface area contributed by atoms with Crippen molar-refractivity contribution in [1.29, 1.82) is 0 Å². The highest BCUT2D eigenvalue weighted by Crippen LogP contribution is 2.34. The van der Waals surface area contributed by atoms with Gasteiger partial charge >= 0.3 is 0 Å². The molecule has 2 saturated heterocycles. The van der Waals surface area contributed by atoms with Gasteiger partial charge < -0.3 is 20.1 Å². The monoisotopic (exact) mass is 394 g/mol. The number of pyridine rings is 2. The summed E-state index contributed by atoms with van der Waals surface area (Å²) >= 11 is 0. The van der Waals surface area contributed by atoms with E-state index < -0.39 is 0 Å². The molecule has 5 rings (SSSR count). The van der Waals surface area contributed by atoms with E-state index in [0.717, 1.165) is 60.5 Å². The maximum atomic E-state index is 6.39. The normalized spacial score (nSPS) is 22.9. The van der Waals surface area contributed by atoms with Crippen LogP contribution >= 0.6 is 0 Å². The highest BCUT2D eigenvalue weighted by molar-refractivity contribution is 5.94. The van der Waals surface area contributed by atoms with E-state index in [4.69, 9.17) is 20.2 Å². The second kappa shape index (κ2) is 7.61. The van der Waals surface area contributed by atoms with Gasteiger partial charge in [0.2, 0.25) is 0 Å². The van der Waals surface area contributed by atoms with Crippen LogP contribution < -0.4 is 10.6 Å². The lowest BCUT2D eigenvalue weighted by atomic mass is 10.1. The number of rotatable bonds is 3. The minimum Gasteiger partial charge on any atom is -0.396 e. The number of morpholine rings is 1. The number of aromatic nitrogens is 4. The summed E-state index contributed by atoms with van der Waals surface area (Å²) in [6.07, 6.45) is 6.74.